The summed E-state index contributed by atoms with van der Waals surface area (Å²) in [5.74, 6) is 1.13. The fraction of sp³-hybridized carbons (Fsp3) is 0.455. The summed E-state index contributed by atoms with van der Waals surface area (Å²) < 4.78 is 5.06. The molecule has 1 rings (SSSR count). The third-order valence-corrected chi connectivity index (χ3v) is 2.61. The molecule has 1 unspecified atom stereocenters. The highest BCUT2D eigenvalue weighted by Gasteiger charge is 2.13. The molecule has 0 aromatic heterocycles. The monoisotopic (exact) mass is 213 g/mol. The zero-order valence-corrected chi connectivity index (χ0v) is 9.51. The lowest BCUT2D eigenvalue weighted by molar-refractivity contribution is 0.414. The number of rotatable bonds is 3. The van der Waals surface area contributed by atoms with E-state index >= 15 is 0 Å². The third-order valence-electron chi connectivity index (χ3n) is 2.28. The molecule has 0 fully saturated rings. The van der Waals surface area contributed by atoms with E-state index in [1.807, 2.05) is 12.1 Å². The Morgan fingerprint density at radius 1 is 1.36 bits per heavy atom. The first-order valence-corrected chi connectivity index (χ1v) is 5.03. The van der Waals surface area contributed by atoms with Crippen molar-refractivity contribution in [1.29, 1.82) is 0 Å². The summed E-state index contributed by atoms with van der Waals surface area (Å²) in [6.45, 7) is 4.15. The molecule has 0 saturated heterocycles. The molecule has 0 aliphatic carbocycles. The molecule has 0 amide bonds. The Labute approximate surface area is 90.0 Å². The number of halogens is 1. The Morgan fingerprint density at radius 2 is 2.00 bits per heavy atom. The average Bonchev–Trinajstić information content (AvgIpc) is 2.16. The zero-order chi connectivity index (χ0) is 10.7. The first-order chi connectivity index (χ1) is 6.56. The van der Waals surface area contributed by atoms with Crippen LogP contribution in [0.25, 0.3) is 0 Å². The van der Waals surface area contributed by atoms with Crippen LogP contribution in [-0.2, 0) is 0 Å². The lowest BCUT2D eigenvalue weighted by Gasteiger charge is -2.17. The number of hydrogen-bond donors (Lipinski definition) is 1. The first kappa shape index (κ1) is 11.3. The fourth-order valence-electron chi connectivity index (χ4n) is 1.26. The highest BCUT2D eigenvalue weighted by atomic mass is 35.5. The second-order valence-electron chi connectivity index (χ2n) is 3.66. The van der Waals surface area contributed by atoms with Crippen LogP contribution < -0.4 is 10.5 Å². The number of methoxy groups -OCH3 is 1. The van der Waals surface area contributed by atoms with Crippen molar-refractivity contribution in [3.63, 3.8) is 0 Å². The van der Waals surface area contributed by atoms with Gasteiger partial charge < -0.3 is 10.5 Å². The molecule has 1 atom stereocenters. The van der Waals surface area contributed by atoms with Crippen LogP contribution >= 0.6 is 11.6 Å². The first-order valence-electron chi connectivity index (χ1n) is 4.65. The van der Waals surface area contributed by atoms with Gasteiger partial charge in [-0.25, -0.2) is 0 Å². The summed E-state index contributed by atoms with van der Waals surface area (Å²) in [6.07, 6.45) is 0. The molecule has 3 heteroatoms. The van der Waals surface area contributed by atoms with E-state index in [1.54, 1.807) is 13.2 Å². The van der Waals surface area contributed by atoms with Crippen LogP contribution in [0.15, 0.2) is 18.2 Å². The van der Waals surface area contributed by atoms with E-state index in [9.17, 15) is 0 Å². The lowest BCUT2D eigenvalue weighted by atomic mass is 9.97. The topological polar surface area (TPSA) is 35.2 Å². The molecule has 0 aliphatic rings. The van der Waals surface area contributed by atoms with Gasteiger partial charge in [-0.05, 0) is 23.6 Å². The summed E-state index contributed by atoms with van der Waals surface area (Å²) in [5, 5.41) is 0.672. The number of ether oxygens (including phenoxy) is 1. The summed E-state index contributed by atoms with van der Waals surface area (Å²) in [6, 6.07) is 5.57. The van der Waals surface area contributed by atoms with Gasteiger partial charge in [0.1, 0.15) is 5.75 Å². The molecular formula is C11H16ClNO. The van der Waals surface area contributed by atoms with Crippen LogP contribution in [0.3, 0.4) is 0 Å². The van der Waals surface area contributed by atoms with Gasteiger partial charge in [0, 0.05) is 11.1 Å². The average molecular weight is 214 g/mol. The van der Waals surface area contributed by atoms with Crippen LogP contribution in [0.1, 0.15) is 25.5 Å². The van der Waals surface area contributed by atoms with Crippen molar-refractivity contribution in [2.45, 2.75) is 19.9 Å². The van der Waals surface area contributed by atoms with Crippen LogP contribution in [0.5, 0.6) is 5.75 Å². The van der Waals surface area contributed by atoms with Crippen molar-refractivity contribution in [2.75, 3.05) is 7.11 Å². The van der Waals surface area contributed by atoms with Crippen LogP contribution in [-0.4, -0.2) is 7.11 Å². The minimum Gasteiger partial charge on any atom is -0.497 e. The van der Waals surface area contributed by atoms with E-state index in [0.717, 1.165) is 11.3 Å². The van der Waals surface area contributed by atoms with E-state index in [0.29, 0.717) is 10.9 Å². The van der Waals surface area contributed by atoms with E-state index in [1.165, 1.54) is 0 Å². The summed E-state index contributed by atoms with van der Waals surface area (Å²) >= 11 is 6.09. The predicted octanol–water partition coefficient (Wildman–Crippen LogP) is 3.00. The molecule has 0 saturated carbocycles. The molecule has 78 valence electrons. The van der Waals surface area contributed by atoms with E-state index < -0.39 is 0 Å². The van der Waals surface area contributed by atoms with Crippen molar-refractivity contribution in [3.05, 3.63) is 28.8 Å². The highest BCUT2D eigenvalue weighted by Crippen LogP contribution is 2.29. The van der Waals surface area contributed by atoms with E-state index in [4.69, 9.17) is 22.1 Å². The molecule has 2 N–H and O–H groups in total. The Morgan fingerprint density at radius 3 is 2.43 bits per heavy atom. The Balaban J connectivity index is 2.99. The Bertz CT molecular complexity index is 312. The van der Waals surface area contributed by atoms with Gasteiger partial charge in [-0.3, -0.25) is 0 Å². The smallest absolute Gasteiger partial charge is 0.120 e. The molecule has 0 spiro atoms. The molecular weight excluding hydrogens is 198 g/mol. The standard InChI is InChI=1S/C11H16ClNO/c1-7(2)11(13)9-5-4-8(14-3)6-10(9)12/h4-7,11H,13H2,1-3H3. The Kier molecular flexibility index (Phi) is 3.78. The van der Waals surface area contributed by atoms with Crippen LogP contribution in [0.2, 0.25) is 5.02 Å². The molecule has 1 aromatic rings. The maximum atomic E-state index is 6.09. The van der Waals surface area contributed by atoms with E-state index in [2.05, 4.69) is 13.8 Å². The third kappa shape index (κ3) is 2.40. The van der Waals surface area contributed by atoms with Crippen molar-refractivity contribution < 1.29 is 4.74 Å². The minimum atomic E-state index is -0.0200. The molecule has 14 heavy (non-hydrogen) atoms. The van der Waals surface area contributed by atoms with Crippen LogP contribution in [0.4, 0.5) is 0 Å². The van der Waals surface area contributed by atoms with E-state index in [-0.39, 0.29) is 6.04 Å². The molecule has 2 nitrogen and oxygen atoms in total. The summed E-state index contributed by atoms with van der Waals surface area (Å²) in [7, 11) is 1.62. The molecule has 0 aliphatic heterocycles. The second kappa shape index (κ2) is 4.67. The zero-order valence-electron chi connectivity index (χ0n) is 8.75. The maximum Gasteiger partial charge on any atom is 0.120 e. The quantitative estimate of drug-likeness (QED) is 0.838. The van der Waals surface area contributed by atoms with Gasteiger partial charge in [0.25, 0.3) is 0 Å². The number of benzene rings is 1. The van der Waals surface area contributed by atoms with Crippen molar-refractivity contribution >= 4 is 11.6 Å². The highest BCUT2D eigenvalue weighted by molar-refractivity contribution is 6.31. The van der Waals surface area contributed by atoms with Gasteiger partial charge in [0.15, 0.2) is 0 Å². The van der Waals surface area contributed by atoms with Crippen LogP contribution in [0, 0.1) is 5.92 Å². The summed E-state index contributed by atoms with van der Waals surface area (Å²) in [5.41, 5.74) is 6.98. The molecule has 0 bridgehead atoms. The second-order valence-corrected chi connectivity index (χ2v) is 4.06. The molecule has 1 aromatic carbocycles. The van der Waals surface area contributed by atoms with Crippen molar-refractivity contribution in [3.8, 4) is 5.75 Å². The van der Waals surface area contributed by atoms with Gasteiger partial charge in [0.05, 0.1) is 7.11 Å². The Hall–Kier alpha value is -0.730. The minimum absolute atomic E-state index is 0.0200. The largest absolute Gasteiger partial charge is 0.497 e. The summed E-state index contributed by atoms with van der Waals surface area (Å²) in [4.78, 5) is 0. The van der Waals surface area contributed by atoms with Gasteiger partial charge in [-0.2, -0.15) is 0 Å². The number of hydrogen-bond acceptors (Lipinski definition) is 2. The van der Waals surface area contributed by atoms with Crippen molar-refractivity contribution in [2.24, 2.45) is 11.7 Å². The normalized spacial score (nSPS) is 13.0. The lowest BCUT2D eigenvalue weighted by Crippen LogP contribution is -2.17. The molecule has 0 heterocycles. The number of nitrogens with two attached hydrogens (primary N) is 1. The van der Waals surface area contributed by atoms with Gasteiger partial charge in [-0.1, -0.05) is 31.5 Å². The van der Waals surface area contributed by atoms with Gasteiger partial charge >= 0.3 is 0 Å². The van der Waals surface area contributed by atoms with Gasteiger partial charge in [0.2, 0.25) is 0 Å². The van der Waals surface area contributed by atoms with Gasteiger partial charge in [-0.15, -0.1) is 0 Å². The molecule has 0 radical (unpaired) electrons. The fourth-order valence-corrected chi connectivity index (χ4v) is 1.56. The SMILES string of the molecule is COc1ccc(C(N)C(C)C)c(Cl)c1. The van der Waals surface area contributed by atoms with Crippen molar-refractivity contribution in [1.82, 2.24) is 0 Å². The predicted molar refractivity (Wildman–Crippen MR) is 59.8 cm³/mol. The maximum absolute atomic E-state index is 6.09.